The van der Waals surface area contributed by atoms with Gasteiger partial charge in [0.05, 0.1) is 0 Å². The molecule has 0 saturated carbocycles. The third-order valence-corrected chi connectivity index (χ3v) is 0.683. The van der Waals surface area contributed by atoms with Gasteiger partial charge in [-0.1, -0.05) is 0 Å². The van der Waals surface area contributed by atoms with Crippen molar-refractivity contribution >= 4 is 0 Å². The Morgan fingerprint density at radius 2 is 2.14 bits per heavy atom. The van der Waals surface area contributed by atoms with Gasteiger partial charge in [0.1, 0.15) is 6.61 Å². The number of quaternary nitrogens is 1. The van der Waals surface area contributed by atoms with Crippen molar-refractivity contribution in [2.24, 2.45) is 0 Å². The second-order valence-electron chi connectivity index (χ2n) is 1.71. The number of nitrogens with zero attached hydrogens (tertiary/aromatic N) is 1. The van der Waals surface area contributed by atoms with Crippen LogP contribution in [-0.2, 0) is 4.84 Å². The zero-order valence-corrected chi connectivity index (χ0v) is 4.98. The molecule has 3 N–H and O–H groups in total. The molecular weight excluding hydrogens is 92.1 g/mol. The minimum Gasteiger partial charge on any atom is -0.307 e. The highest BCUT2D eigenvalue weighted by molar-refractivity contribution is 4.35. The highest BCUT2D eigenvalue weighted by atomic mass is 16.6. The van der Waals surface area contributed by atoms with E-state index in [1.54, 1.807) is 0 Å². The molecule has 0 heterocycles. The van der Waals surface area contributed by atoms with E-state index < -0.39 is 0 Å². The van der Waals surface area contributed by atoms with Gasteiger partial charge in [0.15, 0.2) is 0 Å². The molecule has 0 amide bonds. The van der Waals surface area contributed by atoms with E-state index in [-0.39, 0.29) is 0 Å². The van der Waals surface area contributed by atoms with Crippen LogP contribution in [0.3, 0.4) is 0 Å². The average molecular weight is 105 g/mol. The lowest BCUT2D eigenvalue weighted by Crippen LogP contribution is -2.50. The Labute approximate surface area is 44.0 Å². The van der Waals surface area contributed by atoms with Gasteiger partial charge in [0.2, 0.25) is 0 Å². The molecule has 7 heavy (non-hydrogen) atoms. The Morgan fingerprint density at radius 3 is 2.29 bits per heavy atom. The second kappa shape index (κ2) is 4.05. The SMILES string of the molecule is CN(C)CCO[NH3+]. The number of likely N-dealkylation sites (N-methyl/N-ethyl adjacent to an activating group) is 1. The summed E-state index contributed by atoms with van der Waals surface area (Å²) in [6, 6.07) is 0. The first-order chi connectivity index (χ1) is 3.27. The van der Waals surface area contributed by atoms with Gasteiger partial charge in [-0.05, 0) is 14.1 Å². The molecule has 0 fully saturated rings. The average Bonchev–Trinajstić information content (AvgIpc) is 1.61. The first-order valence-electron chi connectivity index (χ1n) is 2.29. The van der Waals surface area contributed by atoms with Gasteiger partial charge in [0, 0.05) is 6.54 Å². The number of hydrogen-bond acceptors (Lipinski definition) is 2. The lowest BCUT2D eigenvalue weighted by molar-refractivity contribution is -0.689. The normalized spacial score (nSPS) is 10.3. The maximum Gasteiger partial charge on any atom is 0.118 e. The summed E-state index contributed by atoms with van der Waals surface area (Å²) in [5.74, 6) is 3.23. The van der Waals surface area contributed by atoms with Crippen LogP contribution in [0.4, 0.5) is 0 Å². The molecular formula is C4H13N2O+. The predicted octanol–water partition coefficient (Wildman–Crippen LogP) is -1.28. The highest BCUT2D eigenvalue weighted by Gasteiger charge is 1.86. The Kier molecular flexibility index (Phi) is 3.98. The van der Waals surface area contributed by atoms with Gasteiger partial charge in [0.25, 0.3) is 0 Å². The van der Waals surface area contributed by atoms with Crippen molar-refractivity contribution in [1.29, 1.82) is 0 Å². The first kappa shape index (κ1) is 6.88. The van der Waals surface area contributed by atoms with Crippen molar-refractivity contribution in [3.05, 3.63) is 0 Å². The topological polar surface area (TPSA) is 40.1 Å². The number of hydrogen-bond donors (Lipinski definition) is 1. The molecule has 3 heteroatoms. The van der Waals surface area contributed by atoms with E-state index in [0.29, 0.717) is 6.61 Å². The van der Waals surface area contributed by atoms with Crippen LogP contribution >= 0.6 is 0 Å². The molecule has 0 rings (SSSR count). The summed E-state index contributed by atoms with van der Waals surface area (Å²) in [5, 5.41) is 0. The third-order valence-electron chi connectivity index (χ3n) is 0.683. The molecule has 0 aromatic rings. The van der Waals surface area contributed by atoms with Crippen molar-refractivity contribution in [2.45, 2.75) is 0 Å². The van der Waals surface area contributed by atoms with E-state index in [4.69, 9.17) is 0 Å². The monoisotopic (exact) mass is 105 g/mol. The largest absolute Gasteiger partial charge is 0.307 e. The number of rotatable bonds is 3. The van der Waals surface area contributed by atoms with Crippen LogP contribution in [0.2, 0.25) is 0 Å². The highest BCUT2D eigenvalue weighted by Crippen LogP contribution is 1.69. The fourth-order valence-electron chi connectivity index (χ4n) is 0.247. The zero-order chi connectivity index (χ0) is 5.70. The molecule has 0 aliphatic heterocycles. The van der Waals surface area contributed by atoms with Gasteiger partial charge in [-0.2, -0.15) is 0 Å². The quantitative estimate of drug-likeness (QED) is 0.454. The molecule has 44 valence electrons. The molecule has 0 radical (unpaired) electrons. The van der Waals surface area contributed by atoms with Crippen molar-refractivity contribution in [3.63, 3.8) is 0 Å². The van der Waals surface area contributed by atoms with Crippen LogP contribution in [0.5, 0.6) is 0 Å². The van der Waals surface area contributed by atoms with E-state index in [1.165, 1.54) is 0 Å². The Morgan fingerprint density at radius 1 is 1.57 bits per heavy atom. The van der Waals surface area contributed by atoms with E-state index in [2.05, 4.69) is 10.7 Å². The minimum absolute atomic E-state index is 0.715. The third kappa shape index (κ3) is 5.88. The first-order valence-corrected chi connectivity index (χ1v) is 2.29. The van der Waals surface area contributed by atoms with Gasteiger partial charge < -0.3 is 4.90 Å². The summed E-state index contributed by atoms with van der Waals surface area (Å²) in [5.41, 5.74) is 0. The van der Waals surface area contributed by atoms with Crippen LogP contribution in [0.25, 0.3) is 0 Å². The van der Waals surface area contributed by atoms with E-state index in [1.807, 2.05) is 19.0 Å². The summed E-state index contributed by atoms with van der Waals surface area (Å²) in [6.45, 7) is 1.66. The zero-order valence-electron chi connectivity index (χ0n) is 4.98. The van der Waals surface area contributed by atoms with Crippen LogP contribution in [0, 0.1) is 0 Å². The summed E-state index contributed by atoms with van der Waals surface area (Å²) in [6.07, 6.45) is 0. The summed E-state index contributed by atoms with van der Waals surface area (Å²) >= 11 is 0. The van der Waals surface area contributed by atoms with Gasteiger partial charge in [-0.25, -0.2) is 10.7 Å². The van der Waals surface area contributed by atoms with E-state index in [9.17, 15) is 0 Å². The fraction of sp³-hybridized carbons (Fsp3) is 1.00. The van der Waals surface area contributed by atoms with E-state index in [0.717, 1.165) is 6.54 Å². The van der Waals surface area contributed by atoms with Gasteiger partial charge in [-0.15, -0.1) is 0 Å². The smallest absolute Gasteiger partial charge is 0.118 e. The van der Waals surface area contributed by atoms with Crippen molar-refractivity contribution in [2.75, 3.05) is 27.2 Å². The summed E-state index contributed by atoms with van der Waals surface area (Å²) in [4.78, 5) is 6.61. The predicted molar refractivity (Wildman–Crippen MR) is 27.4 cm³/mol. The molecule has 0 aromatic heterocycles. The summed E-state index contributed by atoms with van der Waals surface area (Å²) in [7, 11) is 4.00. The van der Waals surface area contributed by atoms with E-state index >= 15 is 0 Å². The lowest BCUT2D eigenvalue weighted by atomic mass is 10.6. The molecule has 0 unspecified atom stereocenters. The molecule has 0 spiro atoms. The lowest BCUT2D eigenvalue weighted by Gasteiger charge is -2.04. The summed E-state index contributed by atoms with van der Waals surface area (Å²) < 4.78 is 0. The van der Waals surface area contributed by atoms with Gasteiger partial charge in [-0.3, -0.25) is 0 Å². The van der Waals surface area contributed by atoms with Crippen molar-refractivity contribution < 1.29 is 10.7 Å². The minimum atomic E-state index is 0.715. The Hall–Kier alpha value is -0.120. The molecule has 0 aliphatic carbocycles. The van der Waals surface area contributed by atoms with Crippen molar-refractivity contribution in [1.82, 2.24) is 4.90 Å². The fourth-order valence-corrected chi connectivity index (χ4v) is 0.247. The molecule has 0 aromatic carbocycles. The van der Waals surface area contributed by atoms with Gasteiger partial charge >= 0.3 is 0 Å². The van der Waals surface area contributed by atoms with Crippen LogP contribution in [0.15, 0.2) is 0 Å². The standard InChI is InChI=1S/C4H13N2O/c1-6(2)3-4-7-5/h3-4H2,1-2,5H3/q+1. The maximum atomic E-state index is 4.56. The van der Waals surface area contributed by atoms with Crippen molar-refractivity contribution in [3.8, 4) is 0 Å². The van der Waals surface area contributed by atoms with Crippen LogP contribution in [0.1, 0.15) is 0 Å². The molecule has 0 aliphatic rings. The molecule has 0 saturated heterocycles. The van der Waals surface area contributed by atoms with Crippen LogP contribution < -0.4 is 5.90 Å². The second-order valence-corrected chi connectivity index (χ2v) is 1.71. The Balaban J connectivity index is 2.68. The Bertz CT molecular complexity index is 38.7. The molecule has 0 atom stereocenters. The van der Waals surface area contributed by atoms with Crippen LogP contribution in [-0.4, -0.2) is 32.1 Å². The molecule has 0 bridgehead atoms. The molecule has 3 nitrogen and oxygen atoms in total. The maximum absolute atomic E-state index is 4.56.